The van der Waals surface area contributed by atoms with Crippen LogP contribution in [0.25, 0.3) is 11.1 Å². The van der Waals surface area contributed by atoms with Crippen molar-refractivity contribution in [2.24, 2.45) is 0 Å². The van der Waals surface area contributed by atoms with Crippen LogP contribution in [0.3, 0.4) is 0 Å². The van der Waals surface area contributed by atoms with Gasteiger partial charge in [0.1, 0.15) is 5.94 Å². The molecule has 0 bridgehead atoms. The number of halogens is 2. The van der Waals surface area contributed by atoms with Gasteiger partial charge in [-0.15, -0.1) is 5.73 Å². The molecule has 0 heterocycles. The van der Waals surface area contributed by atoms with E-state index >= 15 is 0 Å². The number of hydrogen-bond donors (Lipinski definition) is 0. The van der Waals surface area contributed by atoms with Crippen LogP contribution in [0.5, 0.6) is 0 Å². The van der Waals surface area contributed by atoms with Gasteiger partial charge in [-0.3, -0.25) is 0 Å². The summed E-state index contributed by atoms with van der Waals surface area (Å²) in [5.41, 5.74) is 11.1. The minimum atomic E-state index is 0.481. The summed E-state index contributed by atoms with van der Waals surface area (Å²) in [6.07, 6.45) is 4.89. The largest absolute Gasteiger partial charge is 0.233 e. The fraction of sp³-hybridized carbons (Fsp3) is 0.174. The summed E-state index contributed by atoms with van der Waals surface area (Å²) in [4.78, 5) is 11.0. The fourth-order valence-corrected chi connectivity index (χ4v) is 5.13. The zero-order valence-electron chi connectivity index (χ0n) is 14.1. The van der Waals surface area contributed by atoms with E-state index in [1.807, 2.05) is 24.1 Å². The molecule has 26 heavy (non-hydrogen) atoms. The summed E-state index contributed by atoms with van der Waals surface area (Å²) in [7, 11) is 0. The van der Waals surface area contributed by atoms with Crippen molar-refractivity contribution in [1.82, 2.24) is 0 Å². The van der Waals surface area contributed by atoms with Gasteiger partial charge in [0.15, 0.2) is 0 Å². The fourth-order valence-electron chi connectivity index (χ4n) is 3.83. The number of allylic oxidation sites excluding steroid dienone is 4. The average Bonchev–Trinajstić information content (AvgIpc) is 3.32. The number of rotatable bonds is 3. The maximum Gasteiger partial charge on any atom is 0.133 e. The quantitative estimate of drug-likeness (QED) is 0.220. The summed E-state index contributed by atoms with van der Waals surface area (Å²) in [6.45, 7) is 3.52. The maximum absolute atomic E-state index is 11.0. The first kappa shape index (κ1) is 17.6. The molecule has 4 rings (SSSR count). The van der Waals surface area contributed by atoms with E-state index in [1.54, 1.807) is 6.08 Å². The lowest BCUT2D eigenvalue weighted by Crippen LogP contribution is -1.87. The monoisotopic (exact) mass is 470 g/mol. The smallest absolute Gasteiger partial charge is 0.133 e. The Morgan fingerprint density at radius 2 is 2.00 bits per heavy atom. The molecule has 1 saturated carbocycles. The Bertz CT molecular complexity index is 1030. The highest BCUT2D eigenvalue weighted by Gasteiger charge is 2.36. The Morgan fingerprint density at radius 1 is 1.23 bits per heavy atom. The van der Waals surface area contributed by atoms with Crippen LogP contribution in [-0.2, 0) is 11.2 Å². The molecule has 2 aliphatic carbocycles. The predicted octanol–water partition coefficient (Wildman–Crippen LogP) is 6.39. The molecule has 2 aromatic rings. The SMILES string of the molecule is C=C=CC(=C=O)c1ccc(C2C/C2=C2\CCc3c(I)cc(Cl)cc32)cc1. The van der Waals surface area contributed by atoms with Gasteiger partial charge in [-0.25, -0.2) is 4.79 Å². The van der Waals surface area contributed by atoms with Crippen molar-refractivity contribution in [2.75, 3.05) is 0 Å². The molecule has 2 aliphatic rings. The third-order valence-corrected chi connectivity index (χ3v) is 6.34. The van der Waals surface area contributed by atoms with Crippen molar-refractivity contribution >= 4 is 51.3 Å². The summed E-state index contributed by atoms with van der Waals surface area (Å²) >= 11 is 8.67. The van der Waals surface area contributed by atoms with Crippen molar-refractivity contribution < 1.29 is 4.79 Å². The lowest BCUT2D eigenvalue weighted by molar-refractivity contribution is 0.569. The van der Waals surface area contributed by atoms with Gasteiger partial charge in [0.2, 0.25) is 0 Å². The summed E-state index contributed by atoms with van der Waals surface area (Å²) < 4.78 is 1.27. The third-order valence-electron chi connectivity index (χ3n) is 5.16. The molecule has 0 aliphatic heterocycles. The van der Waals surface area contributed by atoms with Crippen LogP contribution in [0.4, 0.5) is 0 Å². The van der Waals surface area contributed by atoms with E-state index in [9.17, 15) is 4.79 Å². The van der Waals surface area contributed by atoms with Gasteiger partial charge in [0.05, 0.1) is 5.57 Å². The molecule has 1 atom stereocenters. The standard InChI is InChI=1S/C23H16ClIO/c1-2-3-16(13-26)14-4-6-15(7-5-14)20-12-22(20)18-8-9-19-21(18)10-17(24)11-23(19)25/h3-7,10-11,20H,1,8-9,12H2/b22-18-. The molecule has 2 aromatic carbocycles. The Hall–Kier alpha value is -1.83. The first-order valence-corrected chi connectivity index (χ1v) is 9.99. The van der Waals surface area contributed by atoms with Crippen LogP contribution in [0.15, 0.2) is 60.4 Å². The highest BCUT2D eigenvalue weighted by atomic mass is 127. The molecule has 0 radical (unpaired) electrons. The highest BCUT2D eigenvalue weighted by molar-refractivity contribution is 14.1. The van der Waals surface area contributed by atoms with Crippen molar-refractivity contribution in [2.45, 2.75) is 25.2 Å². The molecule has 0 N–H and O–H groups in total. The number of fused-ring (bicyclic) bond motifs is 1. The first-order chi connectivity index (χ1) is 12.6. The average molecular weight is 471 g/mol. The predicted molar refractivity (Wildman–Crippen MR) is 116 cm³/mol. The zero-order chi connectivity index (χ0) is 18.3. The van der Waals surface area contributed by atoms with Crippen molar-refractivity contribution in [3.8, 4) is 0 Å². The van der Waals surface area contributed by atoms with E-state index in [4.69, 9.17) is 11.6 Å². The lowest BCUT2D eigenvalue weighted by Gasteiger charge is -2.05. The molecule has 1 fully saturated rings. The lowest BCUT2D eigenvalue weighted by atomic mass is 10.0. The van der Waals surface area contributed by atoms with Gasteiger partial charge >= 0.3 is 0 Å². The summed E-state index contributed by atoms with van der Waals surface area (Å²) in [5, 5.41) is 0.818. The Kier molecular flexibility index (Phi) is 4.77. The van der Waals surface area contributed by atoms with Gasteiger partial charge in [0, 0.05) is 14.5 Å². The maximum atomic E-state index is 11.0. The Balaban J connectivity index is 1.63. The molecule has 0 amide bonds. The van der Waals surface area contributed by atoms with Crippen LogP contribution in [0.2, 0.25) is 5.02 Å². The topological polar surface area (TPSA) is 17.1 Å². The molecular formula is C23H16ClIO. The second-order valence-electron chi connectivity index (χ2n) is 6.66. The molecule has 1 unspecified atom stereocenters. The highest BCUT2D eigenvalue weighted by Crippen LogP contribution is 2.54. The van der Waals surface area contributed by atoms with Crippen molar-refractivity contribution in [3.05, 3.63) is 91.2 Å². The normalized spacial score (nSPS) is 20.2. The van der Waals surface area contributed by atoms with Gasteiger partial charge < -0.3 is 0 Å². The minimum absolute atomic E-state index is 0.481. The van der Waals surface area contributed by atoms with Crippen LogP contribution < -0.4 is 0 Å². The number of carbonyl (C=O) groups excluding carboxylic acids is 1. The second-order valence-corrected chi connectivity index (χ2v) is 8.26. The van der Waals surface area contributed by atoms with E-state index in [1.165, 1.54) is 31.4 Å². The van der Waals surface area contributed by atoms with Crippen LogP contribution in [-0.4, -0.2) is 5.94 Å². The second kappa shape index (κ2) is 7.06. The summed E-state index contributed by atoms with van der Waals surface area (Å²) in [6, 6.07) is 12.3. The van der Waals surface area contributed by atoms with Crippen molar-refractivity contribution in [3.63, 3.8) is 0 Å². The molecule has 128 valence electrons. The van der Waals surface area contributed by atoms with Gasteiger partial charge in [-0.2, -0.15) is 0 Å². The van der Waals surface area contributed by atoms with Crippen LogP contribution >= 0.6 is 34.2 Å². The minimum Gasteiger partial charge on any atom is -0.233 e. The van der Waals surface area contributed by atoms with E-state index in [0.29, 0.717) is 11.5 Å². The van der Waals surface area contributed by atoms with Crippen LogP contribution in [0.1, 0.15) is 41.0 Å². The Morgan fingerprint density at radius 3 is 2.69 bits per heavy atom. The van der Waals surface area contributed by atoms with E-state index < -0.39 is 0 Å². The van der Waals surface area contributed by atoms with E-state index in [-0.39, 0.29) is 0 Å². The van der Waals surface area contributed by atoms with Gasteiger partial charge in [0.25, 0.3) is 0 Å². The molecule has 0 aromatic heterocycles. The zero-order valence-corrected chi connectivity index (χ0v) is 17.0. The molecule has 0 saturated heterocycles. The molecular weight excluding hydrogens is 455 g/mol. The third kappa shape index (κ3) is 3.15. The van der Waals surface area contributed by atoms with E-state index in [2.05, 4.69) is 53.1 Å². The Labute approximate surface area is 171 Å². The number of hydrogen-bond acceptors (Lipinski definition) is 1. The first-order valence-electron chi connectivity index (χ1n) is 8.54. The van der Waals surface area contributed by atoms with Gasteiger partial charge in [-0.05, 0) is 87.9 Å². The number of benzene rings is 2. The van der Waals surface area contributed by atoms with Crippen LogP contribution in [0, 0.1) is 3.57 Å². The molecule has 0 spiro atoms. The van der Waals surface area contributed by atoms with Gasteiger partial charge in [-0.1, -0.05) is 48.0 Å². The molecule has 1 nitrogen and oxygen atoms in total. The summed E-state index contributed by atoms with van der Waals surface area (Å²) in [5.74, 6) is 2.43. The molecule has 3 heteroatoms. The van der Waals surface area contributed by atoms with Crippen molar-refractivity contribution in [1.29, 1.82) is 0 Å². The van der Waals surface area contributed by atoms with E-state index in [0.717, 1.165) is 29.8 Å².